The van der Waals surface area contributed by atoms with Crippen molar-refractivity contribution in [3.8, 4) is 0 Å². The minimum Gasteiger partial charge on any atom is -0.312 e. The maximum atomic E-state index is 10.4. The van der Waals surface area contributed by atoms with Gasteiger partial charge in [-0.2, -0.15) is 8.42 Å². The van der Waals surface area contributed by atoms with Crippen molar-refractivity contribution in [3.63, 3.8) is 0 Å². The molecule has 0 radical (unpaired) electrons. The van der Waals surface area contributed by atoms with E-state index in [-0.39, 0.29) is 5.75 Å². The van der Waals surface area contributed by atoms with E-state index in [2.05, 4.69) is 5.32 Å². The Morgan fingerprint density at radius 3 is 2.86 bits per heavy atom. The Morgan fingerprint density at radius 1 is 1.50 bits per heavy atom. The third-order valence-corrected chi connectivity index (χ3v) is 3.32. The zero-order chi connectivity index (χ0) is 10.4. The van der Waals surface area contributed by atoms with Gasteiger partial charge < -0.3 is 5.32 Å². The lowest BCUT2D eigenvalue weighted by atomic mass is 10.4. The second-order valence-corrected chi connectivity index (χ2v) is 5.50. The third kappa shape index (κ3) is 5.33. The molecule has 0 unspecified atom stereocenters. The van der Waals surface area contributed by atoms with Gasteiger partial charge in [-0.3, -0.25) is 4.55 Å². The molecule has 1 rings (SSSR count). The van der Waals surface area contributed by atoms with Gasteiger partial charge in [0.2, 0.25) is 0 Å². The second-order valence-electron chi connectivity index (χ2n) is 2.90. The molecule has 6 heteroatoms. The van der Waals surface area contributed by atoms with Gasteiger partial charge in [0, 0.05) is 11.4 Å². The first-order valence-corrected chi connectivity index (χ1v) is 6.75. The monoisotopic (exact) mass is 235 g/mol. The molecule has 0 fully saturated rings. The quantitative estimate of drug-likeness (QED) is 0.572. The maximum absolute atomic E-state index is 10.4. The summed E-state index contributed by atoms with van der Waals surface area (Å²) in [6, 6.07) is 3.99. The first-order valence-electron chi connectivity index (χ1n) is 4.26. The molecule has 1 heterocycles. The minimum absolute atomic E-state index is 0.176. The van der Waals surface area contributed by atoms with Crippen LogP contribution in [0.2, 0.25) is 0 Å². The predicted octanol–water partition coefficient (Wildman–Crippen LogP) is 1.12. The van der Waals surface area contributed by atoms with Crippen molar-refractivity contribution in [2.24, 2.45) is 0 Å². The standard InChI is InChI=1S/C8H13NO3S2/c10-14(11,12)6-2-4-9-7-8-3-1-5-13-8/h1,3,5,9H,2,4,6-7H2,(H,10,11,12). The van der Waals surface area contributed by atoms with E-state index >= 15 is 0 Å². The van der Waals surface area contributed by atoms with Crippen LogP contribution in [0, 0.1) is 0 Å². The van der Waals surface area contributed by atoms with E-state index in [1.807, 2.05) is 17.5 Å². The van der Waals surface area contributed by atoms with Crippen LogP contribution in [0.5, 0.6) is 0 Å². The highest BCUT2D eigenvalue weighted by Crippen LogP contribution is 2.07. The average Bonchev–Trinajstić information content (AvgIpc) is 2.54. The van der Waals surface area contributed by atoms with Crippen LogP contribution in [-0.2, 0) is 16.7 Å². The molecule has 0 saturated carbocycles. The summed E-state index contributed by atoms with van der Waals surface area (Å²) in [6.45, 7) is 1.35. The lowest BCUT2D eigenvalue weighted by Gasteiger charge is -2.01. The Hall–Kier alpha value is -0.430. The number of rotatable bonds is 6. The fraction of sp³-hybridized carbons (Fsp3) is 0.500. The van der Waals surface area contributed by atoms with Gasteiger partial charge in [0.1, 0.15) is 0 Å². The topological polar surface area (TPSA) is 66.4 Å². The molecule has 14 heavy (non-hydrogen) atoms. The van der Waals surface area contributed by atoms with E-state index in [4.69, 9.17) is 4.55 Å². The van der Waals surface area contributed by atoms with Crippen molar-refractivity contribution >= 4 is 21.5 Å². The fourth-order valence-corrected chi connectivity index (χ4v) is 2.19. The molecular weight excluding hydrogens is 222 g/mol. The summed E-state index contributed by atoms with van der Waals surface area (Å²) in [6.07, 6.45) is 0.435. The molecule has 0 saturated heterocycles. The number of thiophene rings is 1. The number of nitrogens with one attached hydrogen (secondary N) is 1. The van der Waals surface area contributed by atoms with Crippen LogP contribution < -0.4 is 5.32 Å². The fourth-order valence-electron chi connectivity index (χ4n) is 1.00. The van der Waals surface area contributed by atoms with Gasteiger partial charge in [-0.15, -0.1) is 11.3 Å². The highest BCUT2D eigenvalue weighted by atomic mass is 32.2. The zero-order valence-corrected chi connectivity index (χ0v) is 9.27. The second kappa shape index (κ2) is 5.45. The minimum atomic E-state index is -3.80. The first-order chi connectivity index (χ1) is 6.58. The van der Waals surface area contributed by atoms with Gasteiger partial charge >= 0.3 is 0 Å². The molecule has 0 aliphatic carbocycles. The van der Waals surface area contributed by atoms with Crippen molar-refractivity contribution in [3.05, 3.63) is 22.4 Å². The highest BCUT2D eigenvalue weighted by Gasteiger charge is 2.02. The Bertz CT molecular complexity index is 345. The van der Waals surface area contributed by atoms with E-state index in [0.29, 0.717) is 13.0 Å². The van der Waals surface area contributed by atoms with Crippen LogP contribution in [-0.4, -0.2) is 25.3 Å². The van der Waals surface area contributed by atoms with Crippen molar-refractivity contribution in [1.29, 1.82) is 0 Å². The average molecular weight is 235 g/mol. The van der Waals surface area contributed by atoms with Gasteiger partial charge in [-0.1, -0.05) is 6.07 Å². The third-order valence-electron chi connectivity index (χ3n) is 1.64. The SMILES string of the molecule is O=S(=O)(O)CCCNCc1cccs1. The van der Waals surface area contributed by atoms with Crippen LogP contribution in [0.3, 0.4) is 0 Å². The summed E-state index contributed by atoms with van der Waals surface area (Å²) in [5.41, 5.74) is 0. The summed E-state index contributed by atoms with van der Waals surface area (Å²) < 4.78 is 29.2. The Kier molecular flexibility index (Phi) is 4.53. The molecule has 0 amide bonds. The molecule has 0 bridgehead atoms. The van der Waals surface area contributed by atoms with Crippen molar-refractivity contribution < 1.29 is 13.0 Å². The molecule has 0 aliphatic rings. The van der Waals surface area contributed by atoms with E-state index in [9.17, 15) is 8.42 Å². The van der Waals surface area contributed by atoms with Crippen LogP contribution in [0.15, 0.2) is 17.5 Å². The highest BCUT2D eigenvalue weighted by molar-refractivity contribution is 7.85. The molecule has 2 N–H and O–H groups in total. The van der Waals surface area contributed by atoms with E-state index in [0.717, 1.165) is 6.54 Å². The smallest absolute Gasteiger partial charge is 0.264 e. The van der Waals surface area contributed by atoms with Crippen molar-refractivity contribution in [2.45, 2.75) is 13.0 Å². The molecule has 0 aliphatic heterocycles. The molecule has 0 aromatic carbocycles. The summed E-state index contributed by atoms with van der Waals surface area (Å²) in [4.78, 5) is 1.22. The van der Waals surface area contributed by atoms with E-state index in [1.54, 1.807) is 11.3 Å². The lowest BCUT2D eigenvalue weighted by Crippen LogP contribution is -2.17. The molecule has 80 valence electrons. The van der Waals surface area contributed by atoms with Crippen LogP contribution in [0.25, 0.3) is 0 Å². The van der Waals surface area contributed by atoms with Gasteiger partial charge in [-0.25, -0.2) is 0 Å². The Morgan fingerprint density at radius 2 is 2.29 bits per heavy atom. The first kappa shape index (κ1) is 11.6. The zero-order valence-electron chi connectivity index (χ0n) is 7.64. The Labute approximate surface area is 87.7 Å². The van der Waals surface area contributed by atoms with Gasteiger partial charge in [0.15, 0.2) is 0 Å². The molecule has 0 spiro atoms. The summed E-state index contributed by atoms with van der Waals surface area (Å²) in [5.74, 6) is -0.176. The van der Waals surface area contributed by atoms with Crippen LogP contribution in [0.1, 0.15) is 11.3 Å². The van der Waals surface area contributed by atoms with E-state index < -0.39 is 10.1 Å². The van der Waals surface area contributed by atoms with E-state index in [1.165, 1.54) is 4.88 Å². The van der Waals surface area contributed by atoms with Crippen LogP contribution >= 0.6 is 11.3 Å². The molecular formula is C8H13NO3S2. The number of hydrogen-bond donors (Lipinski definition) is 2. The summed E-state index contributed by atoms with van der Waals surface area (Å²) in [7, 11) is -3.80. The van der Waals surface area contributed by atoms with Gasteiger partial charge in [0.05, 0.1) is 5.75 Å². The Balaban J connectivity index is 2.06. The normalized spacial score (nSPS) is 11.8. The number of hydrogen-bond acceptors (Lipinski definition) is 4. The van der Waals surface area contributed by atoms with Gasteiger partial charge in [-0.05, 0) is 24.4 Å². The van der Waals surface area contributed by atoms with Crippen LogP contribution in [0.4, 0.5) is 0 Å². The maximum Gasteiger partial charge on any atom is 0.264 e. The summed E-state index contributed by atoms with van der Waals surface area (Å²) >= 11 is 1.66. The molecule has 1 aromatic rings. The van der Waals surface area contributed by atoms with Crippen molar-refractivity contribution in [1.82, 2.24) is 5.32 Å². The summed E-state index contributed by atoms with van der Waals surface area (Å²) in [5, 5.41) is 5.09. The largest absolute Gasteiger partial charge is 0.312 e. The molecule has 1 aromatic heterocycles. The predicted molar refractivity (Wildman–Crippen MR) is 57.1 cm³/mol. The van der Waals surface area contributed by atoms with Gasteiger partial charge in [0.25, 0.3) is 10.1 Å². The molecule has 4 nitrogen and oxygen atoms in total. The van der Waals surface area contributed by atoms with Crippen molar-refractivity contribution in [2.75, 3.05) is 12.3 Å². The molecule has 0 atom stereocenters. The lowest BCUT2D eigenvalue weighted by molar-refractivity contribution is 0.479.